The van der Waals surface area contributed by atoms with Crippen molar-refractivity contribution in [2.24, 2.45) is 0 Å². The molecular weight excluding hydrogens is 614 g/mol. The number of Topliss-reactive ketones (excluding diaryl/α,β-unsaturated/α-hetero) is 1. The lowest BCUT2D eigenvalue weighted by Crippen LogP contribution is -2.40. The Kier molecular flexibility index (Phi) is 9.86. The van der Waals surface area contributed by atoms with Crippen molar-refractivity contribution in [2.75, 3.05) is 0 Å². The second-order valence-electron chi connectivity index (χ2n) is 12.1. The number of carbonyl (C=O) groups excluding carboxylic acids is 1. The molecule has 0 spiro atoms. The van der Waals surface area contributed by atoms with Crippen LogP contribution in [0, 0.1) is 18.6 Å². The number of ketones is 1. The van der Waals surface area contributed by atoms with Gasteiger partial charge in [0.1, 0.15) is 24.0 Å². The molecule has 0 bridgehead atoms. The van der Waals surface area contributed by atoms with E-state index in [1.165, 1.54) is 6.92 Å². The van der Waals surface area contributed by atoms with Gasteiger partial charge in [-0.05, 0) is 89.3 Å². The highest BCUT2D eigenvalue weighted by molar-refractivity contribution is 9.10. The first-order valence-electron chi connectivity index (χ1n) is 14.0. The predicted octanol–water partition coefficient (Wildman–Crippen LogP) is 10.2. The zero-order valence-corrected chi connectivity index (χ0v) is 27.5. The van der Waals surface area contributed by atoms with E-state index in [1.807, 2.05) is 72.8 Å². The van der Waals surface area contributed by atoms with E-state index in [2.05, 4.69) is 49.8 Å². The van der Waals surface area contributed by atoms with Crippen molar-refractivity contribution < 1.29 is 22.7 Å². The fourth-order valence-corrected chi connectivity index (χ4v) is 5.63. The van der Waals surface area contributed by atoms with Gasteiger partial charge in [0, 0.05) is 4.47 Å². The first kappa shape index (κ1) is 31.8. The summed E-state index contributed by atoms with van der Waals surface area (Å²) < 4.78 is 43.4. The molecule has 1 atom stereocenters. The number of carbonyl (C=O) groups is 1. The Morgan fingerprint density at radius 2 is 1.55 bits per heavy atom. The topological polar surface area (TPSA) is 35.5 Å². The van der Waals surface area contributed by atoms with Crippen LogP contribution in [0.15, 0.2) is 89.4 Å². The van der Waals surface area contributed by atoms with E-state index in [4.69, 9.17) is 9.16 Å². The lowest BCUT2D eigenvalue weighted by atomic mass is 9.82. The van der Waals surface area contributed by atoms with Crippen LogP contribution in [-0.4, -0.2) is 14.1 Å². The molecule has 0 aliphatic heterocycles. The van der Waals surface area contributed by atoms with Gasteiger partial charge in [-0.3, -0.25) is 4.79 Å². The van der Waals surface area contributed by atoms with Gasteiger partial charge in [0.2, 0.25) is 0 Å². The minimum atomic E-state index is -2.18. The number of hydrogen-bond donors (Lipinski definition) is 0. The SMILES string of the molecule is Cc1cc(F)c(C(=O)C(c2ccc(Br)cc2)c2ccc(OCc3ccccc3)cc2CO[Si](C)(C)C(C)(C)C)cc1F. The van der Waals surface area contributed by atoms with E-state index < -0.39 is 31.7 Å². The van der Waals surface area contributed by atoms with Crippen LogP contribution >= 0.6 is 15.9 Å². The van der Waals surface area contributed by atoms with Gasteiger partial charge in [0.15, 0.2) is 14.1 Å². The van der Waals surface area contributed by atoms with Crippen molar-refractivity contribution in [3.8, 4) is 5.75 Å². The van der Waals surface area contributed by atoms with Crippen LogP contribution in [0.1, 0.15) is 64.9 Å². The molecule has 3 nitrogen and oxygen atoms in total. The maximum absolute atomic E-state index is 15.2. The Bertz CT molecular complexity index is 1550. The van der Waals surface area contributed by atoms with Crippen molar-refractivity contribution in [3.63, 3.8) is 0 Å². The number of rotatable bonds is 10. The summed E-state index contributed by atoms with van der Waals surface area (Å²) in [5.74, 6) is -2.16. The Labute approximate surface area is 257 Å². The predicted molar refractivity (Wildman–Crippen MR) is 171 cm³/mol. The third kappa shape index (κ3) is 7.44. The minimum absolute atomic E-state index is 0.0297. The van der Waals surface area contributed by atoms with Gasteiger partial charge >= 0.3 is 0 Å². The molecule has 0 radical (unpaired) electrons. The molecule has 0 aliphatic carbocycles. The highest BCUT2D eigenvalue weighted by atomic mass is 79.9. The van der Waals surface area contributed by atoms with Gasteiger partial charge in [0.05, 0.1) is 18.1 Å². The standard InChI is InChI=1S/C35H37BrF2O3Si/c1-23-18-32(38)30(20-31(23)37)34(39)33(25-12-14-27(36)15-13-25)29-17-16-28(40-21-24-10-8-7-9-11-24)19-26(29)22-41-42(5,6)35(2,3)4/h7-20,33H,21-22H2,1-6H3. The molecule has 0 aromatic heterocycles. The normalized spacial score (nSPS) is 12.7. The summed E-state index contributed by atoms with van der Waals surface area (Å²) in [6, 6.07) is 24.8. The van der Waals surface area contributed by atoms with Crippen LogP contribution < -0.4 is 4.74 Å². The van der Waals surface area contributed by atoms with Gasteiger partial charge in [0.25, 0.3) is 0 Å². The van der Waals surface area contributed by atoms with Crippen molar-refractivity contribution in [1.82, 2.24) is 0 Å². The molecule has 4 rings (SSSR count). The molecular formula is C35H37BrF2O3Si. The molecule has 0 heterocycles. The molecule has 0 saturated heterocycles. The summed E-state index contributed by atoms with van der Waals surface area (Å²) in [5, 5.41) is -0.0297. The highest BCUT2D eigenvalue weighted by Gasteiger charge is 2.38. The average Bonchev–Trinajstić information content (AvgIpc) is 2.94. The number of aryl methyl sites for hydroxylation is 1. The fourth-order valence-electron chi connectivity index (χ4n) is 4.41. The Morgan fingerprint density at radius 3 is 2.19 bits per heavy atom. The Hall–Kier alpha value is -3.13. The van der Waals surface area contributed by atoms with Gasteiger partial charge in [-0.2, -0.15) is 0 Å². The van der Waals surface area contributed by atoms with E-state index in [0.717, 1.165) is 27.7 Å². The van der Waals surface area contributed by atoms with E-state index in [9.17, 15) is 9.18 Å². The van der Waals surface area contributed by atoms with Gasteiger partial charge in [-0.1, -0.05) is 85.2 Å². The molecule has 4 aromatic rings. The Balaban J connectivity index is 1.82. The van der Waals surface area contributed by atoms with Crippen LogP contribution in [0.2, 0.25) is 18.1 Å². The lowest BCUT2D eigenvalue weighted by Gasteiger charge is -2.36. The first-order valence-corrected chi connectivity index (χ1v) is 17.7. The van der Waals surface area contributed by atoms with Crippen molar-refractivity contribution in [1.29, 1.82) is 0 Å². The van der Waals surface area contributed by atoms with Crippen LogP contribution in [-0.2, 0) is 17.6 Å². The van der Waals surface area contributed by atoms with E-state index in [0.29, 0.717) is 23.5 Å². The summed E-state index contributed by atoms with van der Waals surface area (Å²) in [5.41, 5.74) is 2.97. The zero-order valence-electron chi connectivity index (χ0n) is 24.9. The summed E-state index contributed by atoms with van der Waals surface area (Å²) in [4.78, 5) is 14.1. The van der Waals surface area contributed by atoms with Gasteiger partial charge in [-0.15, -0.1) is 0 Å². The average molecular weight is 652 g/mol. The van der Waals surface area contributed by atoms with Crippen molar-refractivity contribution >= 4 is 30.0 Å². The molecule has 0 fully saturated rings. The highest BCUT2D eigenvalue weighted by Crippen LogP contribution is 2.39. The van der Waals surface area contributed by atoms with E-state index in [-0.39, 0.29) is 22.8 Å². The number of halogens is 3. The zero-order chi connectivity index (χ0) is 30.7. The van der Waals surface area contributed by atoms with E-state index >= 15 is 4.39 Å². The second-order valence-corrected chi connectivity index (χ2v) is 17.8. The van der Waals surface area contributed by atoms with Gasteiger partial charge < -0.3 is 9.16 Å². The summed E-state index contributed by atoms with van der Waals surface area (Å²) in [6.45, 7) is 13.0. The first-order chi connectivity index (χ1) is 19.8. The van der Waals surface area contributed by atoms with Crippen molar-refractivity contribution in [3.05, 3.63) is 134 Å². The summed E-state index contributed by atoms with van der Waals surface area (Å²) >= 11 is 3.46. The largest absolute Gasteiger partial charge is 0.489 e. The minimum Gasteiger partial charge on any atom is -0.489 e. The summed E-state index contributed by atoms with van der Waals surface area (Å²) in [7, 11) is -2.18. The number of ether oxygens (including phenoxy) is 1. The molecule has 0 N–H and O–H groups in total. The third-order valence-electron chi connectivity index (χ3n) is 8.05. The van der Waals surface area contributed by atoms with Crippen LogP contribution in [0.25, 0.3) is 0 Å². The van der Waals surface area contributed by atoms with Crippen LogP contribution in [0.5, 0.6) is 5.75 Å². The van der Waals surface area contributed by atoms with Crippen LogP contribution in [0.4, 0.5) is 8.78 Å². The molecule has 0 aliphatic rings. The van der Waals surface area contributed by atoms with E-state index in [1.54, 1.807) is 0 Å². The third-order valence-corrected chi connectivity index (χ3v) is 13.1. The summed E-state index contributed by atoms with van der Waals surface area (Å²) in [6.07, 6.45) is 0. The second kappa shape index (κ2) is 13.0. The molecule has 1 unspecified atom stereocenters. The van der Waals surface area contributed by atoms with Crippen LogP contribution in [0.3, 0.4) is 0 Å². The number of benzene rings is 4. The number of hydrogen-bond acceptors (Lipinski definition) is 3. The maximum atomic E-state index is 15.2. The smallest absolute Gasteiger partial charge is 0.192 e. The monoisotopic (exact) mass is 650 g/mol. The molecule has 0 amide bonds. The molecule has 42 heavy (non-hydrogen) atoms. The lowest BCUT2D eigenvalue weighted by molar-refractivity contribution is 0.0968. The molecule has 0 saturated carbocycles. The quantitative estimate of drug-likeness (QED) is 0.127. The Morgan fingerprint density at radius 1 is 0.881 bits per heavy atom. The molecule has 7 heteroatoms. The van der Waals surface area contributed by atoms with Gasteiger partial charge in [-0.25, -0.2) is 8.78 Å². The molecule has 4 aromatic carbocycles. The van der Waals surface area contributed by atoms with Crippen molar-refractivity contribution in [2.45, 2.75) is 65.0 Å². The maximum Gasteiger partial charge on any atom is 0.192 e. The fraction of sp³-hybridized carbons (Fsp3) is 0.286. The molecule has 220 valence electrons.